The molecule has 1 rings (SSSR count). The van der Waals surface area contributed by atoms with Gasteiger partial charge < -0.3 is 9.47 Å². The molecular weight excluding hydrogens is 186 g/mol. The van der Waals surface area contributed by atoms with Crippen LogP contribution in [0.4, 0.5) is 0 Å². The first-order valence-corrected chi connectivity index (χ1v) is 4.56. The van der Waals surface area contributed by atoms with Crippen molar-refractivity contribution in [3.05, 3.63) is 0 Å². The van der Waals surface area contributed by atoms with E-state index in [0.29, 0.717) is 12.9 Å². The molecular formula is C9H15NO4. The van der Waals surface area contributed by atoms with Gasteiger partial charge in [-0.1, -0.05) is 0 Å². The van der Waals surface area contributed by atoms with Crippen molar-refractivity contribution >= 4 is 12.4 Å². The Morgan fingerprint density at radius 1 is 1.57 bits per heavy atom. The van der Waals surface area contributed by atoms with Gasteiger partial charge in [0.05, 0.1) is 7.11 Å². The van der Waals surface area contributed by atoms with E-state index in [1.165, 1.54) is 7.11 Å². The zero-order valence-corrected chi connectivity index (χ0v) is 8.43. The molecule has 0 saturated carbocycles. The number of piperidine rings is 1. The Hall–Kier alpha value is -1.10. The van der Waals surface area contributed by atoms with E-state index in [9.17, 15) is 9.59 Å². The van der Waals surface area contributed by atoms with Crippen molar-refractivity contribution in [2.45, 2.75) is 25.0 Å². The average molecular weight is 201 g/mol. The van der Waals surface area contributed by atoms with Crippen LogP contribution >= 0.6 is 0 Å². The van der Waals surface area contributed by atoms with Gasteiger partial charge in [0.25, 0.3) is 6.47 Å². The predicted octanol–water partition coefficient (Wildman–Crippen LogP) is -0.205. The van der Waals surface area contributed by atoms with Gasteiger partial charge >= 0.3 is 5.97 Å². The quantitative estimate of drug-likeness (QED) is 0.467. The molecule has 1 aliphatic rings. The Kier molecular flexibility index (Phi) is 3.88. The van der Waals surface area contributed by atoms with Crippen LogP contribution in [0, 0.1) is 0 Å². The van der Waals surface area contributed by atoms with E-state index >= 15 is 0 Å². The number of carbonyl (C=O) groups is 2. The molecule has 1 aliphatic heterocycles. The maximum Gasteiger partial charge on any atom is 0.323 e. The zero-order chi connectivity index (χ0) is 10.6. The molecule has 1 fully saturated rings. The largest absolute Gasteiger partial charge is 0.468 e. The molecule has 1 saturated heterocycles. The highest BCUT2D eigenvalue weighted by atomic mass is 16.5. The van der Waals surface area contributed by atoms with E-state index in [2.05, 4.69) is 4.74 Å². The van der Waals surface area contributed by atoms with Crippen LogP contribution in [0.5, 0.6) is 0 Å². The molecule has 0 amide bonds. The molecule has 5 nitrogen and oxygen atoms in total. The molecule has 80 valence electrons. The molecule has 0 N–H and O–H groups in total. The summed E-state index contributed by atoms with van der Waals surface area (Å²) < 4.78 is 9.50. The minimum Gasteiger partial charge on any atom is -0.468 e. The fourth-order valence-corrected chi connectivity index (χ4v) is 1.66. The molecule has 0 radical (unpaired) electrons. The molecule has 0 bridgehead atoms. The van der Waals surface area contributed by atoms with Gasteiger partial charge in [0.2, 0.25) is 0 Å². The third-order valence-corrected chi connectivity index (χ3v) is 2.54. The van der Waals surface area contributed by atoms with Crippen LogP contribution in [0.25, 0.3) is 0 Å². The number of rotatable bonds is 3. The van der Waals surface area contributed by atoms with Crippen LogP contribution in [0.3, 0.4) is 0 Å². The molecule has 0 aliphatic carbocycles. The Morgan fingerprint density at radius 2 is 2.29 bits per heavy atom. The van der Waals surface area contributed by atoms with Crippen molar-refractivity contribution < 1.29 is 19.1 Å². The number of likely N-dealkylation sites (N-methyl/N-ethyl adjacent to an activating group) is 1. The monoisotopic (exact) mass is 201 g/mol. The molecule has 0 spiro atoms. The number of carbonyl (C=O) groups excluding carboxylic acids is 2. The van der Waals surface area contributed by atoms with Crippen molar-refractivity contribution in [3.63, 3.8) is 0 Å². The summed E-state index contributed by atoms with van der Waals surface area (Å²) in [6, 6.07) is -0.293. The number of hydrogen-bond acceptors (Lipinski definition) is 5. The van der Waals surface area contributed by atoms with E-state index < -0.39 is 0 Å². The van der Waals surface area contributed by atoms with Gasteiger partial charge in [0.1, 0.15) is 12.1 Å². The standard InChI is InChI=1S/C9H15NO4/c1-10-4-3-7(14-6-11)5-8(10)9(12)13-2/h6-8H,3-5H2,1-2H3. The third-order valence-electron chi connectivity index (χ3n) is 2.54. The smallest absolute Gasteiger partial charge is 0.323 e. The van der Waals surface area contributed by atoms with Crippen molar-refractivity contribution in [2.75, 3.05) is 20.7 Å². The fourth-order valence-electron chi connectivity index (χ4n) is 1.66. The number of hydrogen-bond donors (Lipinski definition) is 0. The SMILES string of the molecule is COC(=O)C1CC(OC=O)CCN1C. The first-order chi connectivity index (χ1) is 6.69. The van der Waals surface area contributed by atoms with Crippen molar-refractivity contribution in [1.29, 1.82) is 0 Å². The highest BCUT2D eigenvalue weighted by Gasteiger charge is 2.32. The normalized spacial score (nSPS) is 28.1. The summed E-state index contributed by atoms with van der Waals surface area (Å²) in [4.78, 5) is 23.4. The highest BCUT2D eigenvalue weighted by Crippen LogP contribution is 2.18. The Labute approximate surface area is 83.0 Å². The lowest BCUT2D eigenvalue weighted by Gasteiger charge is -2.34. The van der Waals surface area contributed by atoms with E-state index in [0.717, 1.165) is 13.0 Å². The lowest BCUT2D eigenvalue weighted by molar-refractivity contribution is -0.152. The fraction of sp³-hybridized carbons (Fsp3) is 0.778. The van der Waals surface area contributed by atoms with Gasteiger partial charge in [0, 0.05) is 13.0 Å². The number of likely N-dealkylation sites (tertiary alicyclic amines) is 1. The summed E-state index contributed by atoms with van der Waals surface area (Å²) in [6.45, 7) is 1.17. The zero-order valence-electron chi connectivity index (χ0n) is 8.43. The van der Waals surface area contributed by atoms with Crippen molar-refractivity contribution in [3.8, 4) is 0 Å². The van der Waals surface area contributed by atoms with Crippen LogP contribution < -0.4 is 0 Å². The first-order valence-electron chi connectivity index (χ1n) is 4.56. The third kappa shape index (κ3) is 2.45. The Morgan fingerprint density at radius 3 is 2.86 bits per heavy atom. The maximum absolute atomic E-state index is 11.3. The van der Waals surface area contributed by atoms with E-state index in [4.69, 9.17) is 4.74 Å². The molecule has 14 heavy (non-hydrogen) atoms. The summed E-state index contributed by atoms with van der Waals surface area (Å²) in [5.41, 5.74) is 0. The van der Waals surface area contributed by atoms with Crippen LogP contribution in [0.2, 0.25) is 0 Å². The van der Waals surface area contributed by atoms with Gasteiger partial charge in [0.15, 0.2) is 0 Å². The Bertz CT molecular complexity index is 219. The average Bonchev–Trinajstić information content (AvgIpc) is 2.20. The molecule has 1 heterocycles. The minimum absolute atomic E-state index is 0.159. The molecule has 0 aromatic rings. The second kappa shape index (κ2) is 4.95. The number of ether oxygens (including phenoxy) is 2. The van der Waals surface area contributed by atoms with Crippen LogP contribution in [-0.4, -0.2) is 50.2 Å². The lowest BCUT2D eigenvalue weighted by atomic mass is 10.0. The summed E-state index contributed by atoms with van der Waals surface area (Å²) in [7, 11) is 3.22. The number of methoxy groups -OCH3 is 1. The van der Waals surface area contributed by atoms with Gasteiger partial charge in [-0.25, -0.2) is 0 Å². The summed E-state index contributed by atoms with van der Waals surface area (Å²) in [5, 5.41) is 0. The second-order valence-corrected chi connectivity index (χ2v) is 3.40. The summed E-state index contributed by atoms with van der Waals surface area (Å²) in [5.74, 6) is -0.272. The lowest BCUT2D eigenvalue weighted by Crippen LogP contribution is -2.47. The van der Waals surface area contributed by atoms with Gasteiger partial charge in [-0.15, -0.1) is 0 Å². The van der Waals surface area contributed by atoms with Crippen molar-refractivity contribution in [2.24, 2.45) is 0 Å². The summed E-state index contributed by atoms with van der Waals surface area (Å²) in [6.07, 6.45) is 1.12. The topological polar surface area (TPSA) is 55.8 Å². The number of esters is 1. The maximum atomic E-state index is 11.3. The predicted molar refractivity (Wildman–Crippen MR) is 48.6 cm³/mol. The minimum atomic E-state index is -0.293. The Balaban J connectivity index is 2.54. The van der Waals surface area contributed by atoms with Gasteiger partial charge in [-0.05, 0) is 13.5 Å². The second-order valence-electron chi connectivity index (χ2n) is 3.40. The van der Waals surface area contributed by atoms with Gasteiger partial charge in [-0.3, -0.25) is 14.5 Å². The highest BCUT2D eigenvalue weighted by molar-refractivity contribution is 5.75. The van der Waals surface area contributed by atoms with Crippen LogP contribution in [0.1, 0.15) is 12.8 Å². The van der Waals surface area contributed by atoms with Crippen molar-refractivity contribution in [1.82, 2.24) is 4.90 Å². The van der Waals surface area contributed by atoms with Crippen LogP contribution in [0.15, 0.2) is 0 Å². The van der Waals surface area contributed by atoms with Gasteiger partial charge in [-0.2, -0.15) is 0 Å². The molecule has 2 atom stereocenters. The molecule has 2 unspecified atom stereocenters. The molecule has 0 aromatic heterocycles. The molecule has 5 heteroatoms. The van der Waals surface area contributed by atoms with Crippen LogP contribution in [-0.2, 0) is 19.1 Å². The van der Waals surface area contributed by atoms with E-state index in [1.54, 1.807) is 0 Å². The van der Waals surface area contributed by atoms with E-state index in [-0.39, 0.29) is 18.1 Å². The molecule has 0 aromatic carbocycles. The summed E-state index contributed by atoms with van der Waals surface area (Å²) >= 11 is 0. The first kappa shape index (κ1) is 11.0. The number of nitrogens with zero attached hydrogens (tertiary/aromatic N) is 1. The van der Waals surface area contributed by atoms with E-state index in [1.807, 2.05) is 11.9 Å².